The number of aliphatic hydroxyl groups is 1. The number of allylic oxidation sites excluding steroid dienone is 14. The molecular weight excluding hydrogens is 976 g/mol. The first kappa shape index (κ1) is 72.7. The minimum Gasteiger partial charge on any atom is -0.462 e. The van der Waals surface area contributed by atoms with Gasteiger partial charge in [-0.25, -0.2) is 4.57 Å². The Kier molecular flexibility index (Phi) is 55.3. The van der Waals surface area contributed by atoms with Crippen molar-refractivity contribution in [1.29, 1.82) is 0 Å². The van der Waals surface area contributed by atoms with Crippen LogP contribution in [0.3, 0.4) is 0 Å². The lowest BCUT2D eigenvalue weighted by Gasteiger charge is -2.21. The van der Waals surface area contributed by atoms with Gasteiger partial charge in [-0.2, -0.15) is 0 Å². The molecule has 3 unspecified atom stereocenters. The fourth-order valence-corrected chi connectivity index (χ4v) is 8.96. The maximum atomic E-state index is 12.9. The summed E-state index contributed by atoms with van der Waals surface area (Å²) in [5.74, 6) is -1.51. The third-order valence-electron chi connectivity index (χ3n) is 12.8. The molecule has 0 aromatic carbocycles. The zero-order valence-electron chi connectivity index (χ0n) is 48.5. The van der Waals surface area contributed by atoms with Crippen LogP contribution in [0.1, 0.15) is 265 Å². The van der Waals surface area contributed by atoms with E-state index in [1.165, 1.54) is 96.3 Å². The molecule has 0 bridgehead atoms. The number of esters is 3. The molecule has 438 valence electrons. The van der Waals surface area contributed by atoms with Crippen LogP contribution in [0.2, 0.25) is 0 Å². The van der Waals surface area contributed by atoms with E-state index in [9.17, 15) is 28.9 Å². The van der Waals surface area contributed by atoms with Gasteiger partial charge in [-0.05, 0) is 96.3 Å². The molecule has 0 amide bonds. The van der Waals surface area contributed by atoms with Crippen LogP contribution in [0.15, 0.2) is 85.1 Å². The smallest absolute Gasteiger partial charge is 0.462 e. The Balaban J connectivity index is 4.78. The van der Waals surface area contributed by atoms with E-state index in [4.69, 9.17) is 23.3 Å². The van der Waals surface area contributed by atoms with Gasteiger partial charge in [-0.3, -0.25) is 23.4 Å². The van der Waals surface area contributed by atoms with Gasteiger partial charge in [0.05, 0.1) is 19.8 Å². The lowest BCUT2D eigenvalue weighted by molar-refractivity contribution is -0.161. The number of carbonyl (C=O) groups excluding carboxylic acids is 3. The second-order valence-corrected chi connectivity index (χ2v) is 21.6. The van der Waals surface area contributed by atoms with Crippen LogP contribution in [0, 0.1) is 0 Å². The van der Waals surface area contributed by atoms with Gasteiger partial charge in [-0.1, -0.05) is 234 Å². The van der Waals surface area contributed by atoms with Gasteiger partial charge >= 0.3 is 25.7 Å². The number of carbonyl (C=O) groups is 3. The van der Waals surface area contributed by atoms with E-state index >= 15 is 0 Å². The highest BCUT2D eigenvalue weighted by molar-refractivity contribution is 7.47. The SMILES string of the molecule is CC/C=C\C/C=C\C/C=C\C/C=C\C/C=C\CCCCCC(=O)OCC(COP(=O)(O)OCC(CO)OC(=O)CCCCCCCCCCCCCCC)OC(=O)CCCCCCCCC/C=C\C/C=C\CCCCC. The predicted molar refractivity (Wildman–Crippen MR) is 316 cm³/mol. The highest BCUT2D eigenvalue weighted by Gasteiger charge is 2.28. The second kappa shape index (κ2) is 57.8. The number of hydrogen-bond acceptors (Lipinski definition) is 10. The Bertz CT molecular complexity index is 1600. The number of rotatable bonds is 56. The molecule has 0 aromatic rings. The van der Waals surface area contributed by atoms with Crippen LogP contribution in [-0.4, -0.2) is 66.5 Å². The lowest BCUT2D eigenvalue weighted by Crippen LogP contribution is -2.30. The van der Waals surface area contributed by atoms with Crippen LogP contribution in [0.4, 0.5) is 0 Å². The van der Waals surface area contributed by atoms with Gasteiger partial charge in [0.1, 0.15) is 12.7 Å². The summed E-state index contributed by atoms with van der Waals surface area (Å²) in [5, 5.41) is 9.82. The average Bonchev–Trinajstić information content (AvgIpc) is 3.41. The molecule has 0 spiro atoms. The zero-order chi connectivity index (χ0) is 55.5. The van der Waals surface area contributed by atoms with E-state index in [-0.39, 0.29) is 25.9 Å². The third kappa shape index (κ3) is 55.4. The maximum Gasteiger partial charge on any atom is 0.472 e. The van der Waals surface area contributed by atoms with Crippen LogP contribution in [0.25, 0.3) is 0 Å². The van der Waals surface area contributed by atoms with Crippen LogP contribution in [0.5, 0.6) is 0 Å². The zero-order valence-corrected chi connectivity index (χ0v) is 49.3. The van der Waals surface area contributed by atoms with Crippen molar-refractivity contribution in [3.8, 4) is 0 Å². The molecule has 76 heavy (non-hydrogen) atoms. The number of hydrogen-bond donors (Lipinski definition) is 2. The van der Waals surface area contributed by atoms with E-state index < -0.39 is 57.8 Å². The molecule has 0 aliphatic heterocycles. The monoisotopic (exact) mass is 1090 g/mol. The molecule has 11 nitrogen and oxygen atoms in total. The Morgan fingerprint density at radius 1 is 0.382 bits per heavy atom. The van der Waals surface area contributed by atoms with Gasteiger partial charge in [0.15, 0.2) is 6.10 Å². The fraction of sp³-hybridized carbons (Fsp3) is 0.734. The van der Waals surface area contributed by atoms with Crippen molar-refractivity contribution in [2.75, 3.05) is 26.4 Å². The van der Waals surface area contributed by atoms with Gasteiger partial charge in [-0.15, -0.1) is 0 Å². The molecule has 0 saturated carbocycles. The largest absolute Gasteiger partial charge is 0.472 e. The highest BCUT2D eigenvalue weighted by atomic mass is 31.2. The highest BCUT2D eigenvalue weighted by Crippen LogP contribution is 2.43. The van der Waals surface area contributed by atoms with E-state index in [0.717, 1.165) is 109 Å². The molecule has 0 aromatic heterocycles. The standard InChI is InChI=1S/C64H111O11P/c1-4-7-10-13-16-19-22-25-27-29-30-32-33-36-38-41-44-47-50-53-62(66)71-57-61(75-64(68)55-52-49-46-43-40-37-34-31-28-26-23-20-17-14-11-8-5-2)59-73-76(69,70)72-58-60(56-65)74-63(67)54-51-48-45-42-39-35-24-21-18-15-12-9-6-3/h7,10,16-17,19-20,25-28,30,32,36,38,60-61,65H,4-6,8-9,11-15,18,21-24,29,31,33-35,37,39-59H2,1-3H3,(H,69,70)/b10-7-,19-16-,20-17-,27-25-,28-26-,32-30-,38-36-. The van der Waals surface area contributed by atoms with Crippen LogP contribution < -0.4 is 0 Å². The van der Waals surface area contributed by atoms with Gasteiger partial charge < -0.3 is 24.2 Å². The Labute approximate surface area is 464 Å². The second-order valence-electron chi connectivity index (χ2n) is 20.1. The molecule has 0 aliphatic carbocycles. The van der Waals surface area contributed by atoms with Crippen molar-refractivity contribution < 1.29 is 52.2 Å². The van der Waals surface area contributed by atoms with E-state index in [2.05, 4.69) is 106 Å². The summed E-state index contributed by atoms with van der Waals surface area (Å²) in [6, 6.07) is 0. The van der Waals surface area contributed by atoms with Crippen LogP contribution >= 0.6 is 7.82 Å². The number of ether oxygens (including phenoxy) is 3. The Morgan fingerprint density at radius 3 is 1.09 bits per heavy atom. The van der Waals surface area contributed by atoms with Gasteiger partial charge in [0, 0.05) is 19.3 Å². The lowest BCUT2D eigenvalue weighted by atomic mass is 10.0. The summed E-state index contributed by atoms with van der Waals surface area (Å²) in [7, 11) is -4.76. The molecule has 12 heteroatoms. The van der Waals surface area contributed by atoms with Crippen molar-refractivity contribution >= 4 is 25.7 Å². The van der Waals surface area contributed by atoms with Crippen molar-refractivity contribution in [2.24, 2.45) is 0 Å². The minimum atomic E-state index is -4.76. The summed E-state index contributed by atoms with van der Waals surface area (Å²) < 4.78 is 39.6. The quantitative estimate of drug-likeness (QED) is 0.0197. The molecule has 3 atom stereocenters. The van der Waals surface area contributed by atoms with Crippen molar-refractivity contribution in [1.82, 2.24) is 0 Å². The predicted octanol–water partition coefficient (Wildman–Crippen LogP) is 18.3. The van der Waals surface area contributed by atoms with E-state index in [0.29, 0.717) is 19.3 Å². The number of phosphoric acid groups is 1. The Morgan fingerprint density at radius 2 is 0.684 bits per heavy atom. The summed E-state index contributed by atoms with van der Waals surface area (Å²) in [6.45, 7) is 4.48. The van der Waals surface area contributed by atoms with Gasteiger partial charge in [0.2, 0.25) is 0 Å². The maximum absolute atomic E-state index is 12.9. The van der Waals surface area contributed by atoms with Crippen molar-refractivity contribution in [3.63, 3.8) is 0 Å². The number of aliphatic hydroxyl groups excluding tert-OH is 1. The Hall–Kier alpha value is -3.34. The number of unbranched alkanes of at least 4 members (excludes halogenated alkanes) is 25. The number of phosphoric ester groups is 1. The van der Waals surface area contributed by atoms with Gasteiger partial charge in [0.25, 0.3) is 0 Å². The summed E-state index contributed by atoms with van der Waals surface area (Å²) in [5.41, 5.74) is 0. The van der Waals surface area contributed by atoms with E-state index in [1.54, 1.807) is 0 Å². The molecule has 0 radical (unpaired) electrons. The first-order chi connectivity index (χ1) is 37.2. The molecule has 0 aliphatic rings. The molecule has 0 heterocycles. The average molecular weight is 1090 g/mol. The summed E-state index contributed by atoms with van der Waals surface area (Å²) in [6.07, 6.45) is 66.7. The summed E-state index contributed by atoms with van der Waals surface area (Å²) >= 11 is 0. The normalized spacial score (nSPS) is 13.9. The fourth-order valence-electron chi connectivity index (χ4n) is 8.18. The molecular formula is C64H111O11P. The van der Waals surface area contributed by atoms with Crippen molar-refractivity contribution in [3.05, 3.63) is 85.1 Å². The summed E-state index contributed by atoms with van der Waals surface area (Å²) in [4.78, 5) is 48.6. The first-order valence-corrected chi connectivity index (χ1v) is 32.0. The first-order valence-electron chi connectivity index (χ1n) is 30.5. The molecule has 2 N–H and O–H groups in total. The van der Waals surface area contributed by atoms with Crippen LogP contribution in [-0.2, 0) is 42.2 Å². The third-order valence-corrected chi connectivity index (χ3v) is 13.8. The minimum absolute atomic E-state index is 0.149. The van der Waals surface area contributed by atoms with E-state index in [1.807, 2.05) is 0 Å². The molecule has 0 fully saturated rings. The molecule has 0 saturated heterocycles. The topological polar surface area (TPSA) is 155 Å². The molecule has 0 rings (SSSR count). The van der Waals surface area contributed by atoms with Crippen molar-refractivity contribution in [2.45, 2.75) is 277 Å².